The fraction of sp³-hybridized carbons (Fsp3) is 0. The summed E-state index contributed by atoms with van der Waals surface area (Å²) >= 11 is 0. The van der Waals surface area contributed by atoms with Crippen LogP contribution in [-0.4, -0.2) is 0 Å². The highest BCUT2D eigenvalue weighted by Gasteiger charge is 2.25. The van der Waals surface area contributed by atoms with Crippen LogP contribution in [0.2, 0.25) is 0 Å². The smallest absolute Gasteiger partial charge is 0.143 e. The lowest BCUT2D eigenvalue weighted by Gasteiger charge is -2.19. The molecule has 111 heavy (non-hydrogen) atoms. The van der Waals surface area contributed by atoms with E-state index in [1.807, 2.05) is 30.3 Å². The summed E-state index contributed by atoms with van der Waals surface area (Å²) in [6, 6.07) is 9.69. The van der Waals surface area contributed by atoms with Crippen molar-refractivity contribution in [3.63, 3.8) is 0 Å². The minimum atomic E-state index is -0.739. The summed E-state index contributed by atoms with van der Waals surface area (Å²) in [5.74, 6) is 0. The zero-order valence-corrected chi connectivity index (χ0v) is 56.9. The van der Waals surface area contributed by atoms with E-state index in [1.54, 1.807) is 97.1 Å². The Morgan fingerprint density at radius 2 is 0.541 bits per heavy atom. The van der Waals surface area contributed by atoms with E-state index in [4.69, 9.17) is 54.4 Å². The van der Waals surface area contributed by atoms with Crippen LogP contribution in [0.1, 0.15) is 60.3 Å². The normalized spacial score (nSPS) is 17.3. The molecule has 3 aromatic heterocycles. The topological polar surface area (TPSA) is 39.4 Å². The average molecular weight is 1460 g/mol. The molecular weight excluding hydrogens is 1350 g/mol. The second kappa shape index (κ2) is 26.1. The first kappa shape index (κ1) is 33.7. The van der Waals surface area contributed by atoms with Crippen molar-refractivity contribution < 1.29 is 73.6 Å². The van der Waals surface area contributed by atoms with E-state index in [9.17, 15) is 19.2 Å². The standard InChI is InChI=1S/3C36H22O/c1-2-13-24-23(11-1)12-9-19-25(24)34-26-14-3-5-16-28(26)35(29-17-6-4-15-27(29)34)31-20-10-22-33-36(31)30-18-7-8-21-32(30)37-33;1-2-11-24-22-25(21-20-23(24)10-1)34-27-13-3-5-15-29(27)35(30-16-6-4-14-28(30)34)32-18-9-17-31-26-12-7-8-19-33(26)37-36(31)32;1-2-10-24-21-25(18-17-23(24)9-1)35-29-12-3-5-14-31(29)36(32-15-6-4-13-30(32)35)26-19-20-28-27-11-7-8-16-33(27)37-34(28)22-26/h3*1-22H/i1D,2D,3D,4D,5D,6D,9D,11D,12D,14D,15D,16D,17D,19D;1D,2D,3D,4D,5D,6D,10D,11D,13D,14D,15D,16D,20D,21D,22D;1D,2D,3D,4D,5D,6D,9D,10D,12D,13D,14D,15D,17D,18D,21D. The Morgan fingerprint density at radius 3 is 1.08 bits per heavy atom. The molecular formula is C108H66O3. The van der Waals surface area contributed by atoms with E-state index < -0.39 is 299 Å². The van der Waals surface area contributed by atoms with E-state index in [1.165, 1.54) is 0 Å². The van der Waals surface area contributed by atoms with Crippen molar-refractivity contribution >= 4 is 163 Å². The maximum atomic E-state index is 9.35. The number of fused-ring (bicyclic) bond motifs is 18. The summed E-state index contributed by atoms with van der Waals surface area (Å²) in [6.07, 6.45) is 0. The fourth-order valence-electron chi connectivity index (χ4n) is 15.1. The predicted octanol–water partition coefficient (Wildman–Crippen LogP) is 31.1. The third kappa shape index (κ3) is 10.4. The van der Waals surface area contributed by atoms with Crippen molar-refractivity contribution in [1.29, 1.82) is 0 Å². The van der Waals surface area contributed by atoms with Gasteiger partial charge in [-0.2, -0.15) is 0 Å². The maximum Gasteiger partial charge on any atom is 0.143 e. The second-order valence-electron chi connectivity index (χ2n) is 25.7. The summed E-state index contributed by atoms with van der Waals surface area (Å²) in [6.45, 7) is 0. The van der Waals surface area contributed by atoms with Gasteiger partial charge in [0.2, 0.25) is 0 Å². The van der Waals surface area contributed by atoms with Gasteiger partial charge in [-0.25, -0.2) is 0 Å². The van der Waals surface area contributed by atoms with Crippen LogP contribution in [-0.2, 0) is 0 Å². The second-order valence-corrected chi connectivity index (χ2v) is 25.7. The Bertz CT molecular complexity index is 10500. The van der Waals surface area contributed by atoms with E-state index >= 15 is 0 Å². The van der Waals surface area contributed by atoms with Crippen LogP contribution in [0.25, 0.3) is 230 Å². The van der Waals surface area contributed by atoms with Gasteiger partial charge in [-0.05, 0) is 201 Å². The van der Waals surface area contributed by atoms with Crippen molar-refractivity contribution in [3.05, 3.63) is 399 Å². The lowest BCUT2D eigenvalue weighted by atomic mass is 9.84. The Hall–Kier alpha value is -14.6. The minimum absolute atomic E-state index is 0.00993. The molecule has 0 spiro atoms. The van der Waals surface area contributed by atoms with Gasteiger partial charge >= 0.3 is 0 Å². The zero-order valence-electron chi connectivity index (χ0n) is 101. The molecule has 0 aliphatic heterocycles. The van der Waals surface area contributed by atoms with Gasteiger partial charge in [-0.15, -0.1) is 0 Å². The molecule has 0 amide bonds. The molecule has 24 aromatic rings. The first-order valence-corrected chi connectivity index (χ1v) is 34.5. The van der Waals surface area contributed by atoms with Gasteiger partial charge < -0.3 is 13.3 Å². The van der Waals surface area contributed by atoms with Gasteiger partial charge in [-0.1, -0.05) is 351 Å². The van der Waals surface area contributed by atoms with Crippen LogP contribution in [0.15, 0.2) is 413 Å². The molecule has 21 aromatic carbocycles. The first-order valence-electron chi connectivity index (χ1n) is 56.5. The summed E-state index contributed by atoms with van der Waals surface area (Å²) in [5, 5.41) is -0.672. The molecule has 516 valence electrons. The van der Waals surface area contributed by atoms with Gasteiger partial charge in [-0.3, -0.25) is 0 Å². The van der Waals surface area contributed by atoms with E-state index in [-0.39, 0.29) is 131 Å². The summed E-state index contributed by atoms with van der Waals surface area (Å²) in [4.78, 5) is 0. The zero-order chi connectivity index (χ0) is 111. The van der Waals surface area contributed by atoms with Crippen LogP contribution >= 0.6 is 0 Å². The summed E-state index contributed by atoms with van der Waals surface area (Å²) in [5.41, 5.74) is 1.40. The number of hydrogen-bond acceptors (Lipinski definition) is 3. The molecule has 3 heteroatoms. The maximum absolute atomic E-state index is 9.35. The molecule has 0 saturated heterocycles. The first-order chi connectivity index (χ1) is 73.4. The molecule has 0 fully saturated rings. The molecule has 3 nitrogen and oxygen atoms in total. The number of furan rings is 3. The largest absolute Gasteiger partial charge is 0.456 e. The monoisotopic (exact) mass is 1450 g/mol. The van der Waals surface area contributed by atoms with Gasteiger partial charge in [0.15, 0.2) is 0 Å². The highest BCUT2D eigenvalue weighted by Crippen LogP contribution is 2.51. The lowest BCUT2D eigenvalue weighted by Crippen LogP contribution is -1.92. The van der Waals surface area contributed by atoms with Crippen LogP contribution in [0, 0.1) is 0 Å². The lowest BCUT2D eigenvalue weighted by molar-refractivity contribution is 0.668. The fourth-order valence-corrected chi connectivity index (χ4v) is 15.1. The minimum Gasteiger partial charge on any atom is -0.456 e. The van der Waals surface area contributed by atoms with E-state index in [2.05, 4.69) is 0 Å². The van der Waals surface area contributed by atoms with Crippen molar-refractivity contribution in [2.45, 2.75) is 0 Å². The highest BCUT2D eigenvalue weighted by atomic mass is 16.3. The van der Waals surface area contributed by atoms with Gasteiger partial charge in [0.05, 0.1) is 60.3 Å². The number of hydrogen-bond donors (Lipinski definition) is 0. The SMILES string of the molecule is [2H]c1c([2H])c([2H])c2c([2H])c(-c3c4c([2H])c([2H])c([2H])c([2H])c4c(-c4ccc5c(c4)oc4ccccc45)c4c([2H])c([2H])c([2H])c([2H])c34)c([2H])c([2H])c2c1[2H].[2H]c1c([2H])c([2H])c2c([2H])c(-c3c4c([2H])c([2H])c([2H])c([2H])c4c(-c4cccc5c4oc4ccccc45)c4c([2H])c([2H])c([2H])c([2H])c34)c([2H])c([2H])c2c1[2H].[2H]c1cc2c(-c3c4c([2H])c([2H])c([2H])c([2H])c4c(-c4cccc5oc6ccccc6c45)c4c([2H])c([2H])c([2H])c([2H])c34)c([2H])c([2H])c([2H])c2c([2H])c1[2H]. The molecule has 0 aliphatic rings. The molecule has 0 saturated carbocycles. The molecule has 0 radical (unpaired) electrons. The molecule has 0 unspecified atom stereocenters. The third-order valence-electron chi connectivity index (χ3n) is 19.8. The Labute approximate surface area is 700 Å². The molecule has 0 bridgehead atoms. The van der Waals surface area contributed by atoms with Gasteiger partial charge in [0.25, 0.3) is 0 Å². The van der Waals surface area contributed by atoms with E-state index in [0.29, 0.717) is 49.6 Å². The predicted molar refractivity (Wildman–Crippen MR) is 471 cm³/mol. The molecule has 24 rings (SSSR count). The van der Waals surface area contributed by atoms with Crippen LogP contribution in [0.4, 0.5) is 0 Å². The van der Waals surface area contributed by atoms with Crippen molar-refractivity contribution in [3.8, 4) is 66.8 Å². The average Bonchev–Trinajstić information content (AvgIpc) is 1.56. The van der Waals surface area contributed by atoms with E-state index in [0.717, 1.165) is 22.2 Å². The summed E-state index contributed by atoms with van der Waals surface area (Å²) in [7, 11) is 0. The van der Waals surface area contributed by atoms with Crippen LogP contribution in [0.3, 0.4) is 0 Å². The van der Waals surface area contributed by atoms with Gasteiger partial charge in [0.1, 0.15) is 33.5 Å². The van der Waals surface area contributed by atoms with Crippen molar-refractivity contribution in [1.82, 2.24) is 0 Å². The molecule has 0 N–H and O–H groups in total. The quantitative estimate of drug-likeness (QED) is 0.156. The Morgan fingerprint density at radius 1 is 0.180 bits per heavy atom. The van der Waals surface area contributed by atoms with Crippen LogP contribution < -0.4 is 0 Å². The van der Waals surface area contributed by atoms with Crippen molar-refractivity contribution in [2.24, 2.45) is 0 Å². The van der Waals surface area contributed by atoms with Crippen LogP contribution in [0.5, 0.6) is 0 Å². The molecule has 0 aliphatic carbocycles. The Balaban J connectivity index is 0.000000130. The highest BCUT2D eigenvalue weighted by molar-refractivity contribution is 6.29. The third-order valence-corrected chi connectivity index (χ3v) is 19.8. The van der Waals surface area contributed by atoms with Gasteiger partial charge in [0, 0.05) is 43.4 Å². The Kier molecular flexibility index (Phi) is 7.91. The number of benzene rings is 21. The van der Waals surface area contributed by atoms with Crippen molar-refractivity contribution in [2.75, 3.05) is 0 Å². The number of rotatable bonds is 6. The molecule has 0 atom stereocenters. The molecule has 3 heterocycles. The summed E-state index contributed by atoms with van der Waals surface area (Å²) < 4.78 is 407. The number of para-hydroxylation sites is 4.